The average Bonchev–Trinajstić information content (AvgIpc) is 3.07. The highest BCUT2D eigenvalue weighted by molar-refractivity contribution is 6.09. The first-order valence-corrected chi connectivity index (χ1v) is 10.0. The fourth-order valence-corrected chi connectivity index (χ4v) is 3.72. The summed E-state index contributed by atoms with van der Waals surface area (Å²) in [5.41, 5.74) is 2.89. The summed E-state index contributed by atoms with van der Waals surface area (Å²) in [6, 6.07) is 22.8. The number of carbonyl (C=O) groups is 2. The van der Waals surface area contributed by atoms with Crippen molar-refractivity contribution in [3.05, 3.63) is 107 Å². The Morgan fingerprint density at radius 1 is 0.871 bits per heavy atom. The van der Waals surface area contributed by atoms with Crippen LogP contribution in [0.3, 0.4) is 0 Å². The van der Waals surface area contributed by atoms with Gasteiger partial charge in [-0.1, -0.05) is 72.8 Å². The fraction of sp³-hybridized carbons (Fsp3) is 0.200. The lowest BCUT2D eigenvalue weighted by Gasteiger charge is -2.24. The Balaban J connectivity index is 1.43. The van der Waals surface area contributed by atoms with Crippen LogP contribution in [0, 0.1) is 0 Å². The van der Waals surface area contributed by atoms with Crippen LogP contribution in [0.2, 0.25) is 0 Å². The first kappa shape index (κ1) is 20.9. The molecule has 0 amide bonds. The second-order valence-corrected chi connectivity index (χ2v) is 7.53. The summed E-state index contributed by atoms with van der Waals surface area (Å²) in [7, 11) is 0. The molecule has 4 rings (SSSR count). The minimum Gasteiger partial charge on any atom is -0.449 e. The topological polar surface area (TPSA) is 87.1 Å². The van der Waals surface area contributed by atoms with Crippen molar-refractivity contribution in [1.29, 1.82) is 0 Å². The number of nitrogens with zero attached hydrogens (tertiary/aromatic N) is 1. The minimum absolute atomic E-state index is 0.121. The first-order chi connectivity index (χ1) is 15.0. The fourth-order valence-electron chi connectivity index (χ4n) is 3.72. The van der Waals surface area contributed by atoms with E-state index in [0.29, 0.717) is 27.8 Å². The van der Waals surface area contributed by atoms with Crippen LogP contribution in [0.1, 0.15) is 57.9 Å². The summed E-state index contributed by atoms with van der Waals surface area (Å²) in [6.45, 7) is 1.43. The molecule has 1 aliphatic rings. The third-order valence-electron chi connectivity index (χ3n) is 5.57. The molecule has 6 nitrogen and oxygen atoms in total. The molecule has 0 aliphatic carbocycles. The number of hydrogen-bond donors (Lipinski definition) is 2. The smallest absolute Gasteiger partial charge is 0.314 e. The van der Waals surface area contributed by atoms with Crippen LogP contribution < -0.4 is 0 Å². The van der Waals surface area contributed by atoms with E-state index in [2.05, 4.69) is 0 Å². The minimum atomic E-state index is -1.05. The molecule has 0 saturated carbocycles. The van der Waals surface area contributed by atoms with Crippen molar-refractivity contribution in [1.82, 2.24) is 4.90 Å². The zero-order chi connectivity index (χ0) is 22.0. The number of rotatable bonds is 6. The van der Waals surface area contributed by atoms with Crippen molar-refractivity contribution in [2.24, 2.45) is 0 Å². The molecule has 0 saturated heterocycles. The molecule has 31 heavy (non-hydrogen) atoms. The molecule has 0 aromatic heterocycles. The van der Waals surface area contributed by atoms with Gasteiger partial charge < -0.3 is 14.9 Å². The molecule has 0 fully saturated rings. The summed E-state index contributed by atoms with van der Waals surface area (Å²) in [4.78, 5) is 26.6. The van der Waals surface area contributed by atoms with Gasteiger partial charge in [-0.15, -0.1) is 0 Å². The molecular formula is C25H23NO5. The van der Waals surface area contributed by atoms with Crippen LogP contribution in [0.15, 0.2) is 78.9 Å². The number of carbonyl (C=O) groups excluding carboxylic acids is 2. The number of ketones is 1. The second kappa shape index (κ2) is 8.81. The first-order valence-electron chi connectivity index (χ1n) is 10.0. The lowest BCUT2D eigenvalue weighted by atomic mass is 9.96. The van der Waals surface area contributed by atoms with Crippen LogP contribution in [0.4, 0.5) is 0 Å². The lowest BCUT2D eigenvalue weighted by molar-refractivity contribution is -0.168. The molecule has 158 valence electrons. The number of aliphatic hydroxyl groups is 2. The number of hydrogen-bond acceptors (Lipinski definition) is 6. The highest BCUT2D eigenvalue weighted by Gasteiger charge is 2.37. The lowest BCUT2D eigenvalue weighted by Crippen LogP contribution is -2.31. The van der Waals surface area contributed by atoms with Crippen LogP contribution in [0.5, 0.6) is 0 Å². The molecule has 0 spiro atoms. The summed E-state index contributed by atoms with van der Waals surface area (Å²) in [5, 5.41) is 20.8. The van der Waals surface area contributed by atoms with E-state index in [4.69, 9.17) is 4.74 Å². The molecule has 3 unspecified atom stereocenters. The Hall–Kier alpha value is -3.32. The van der Waals surface area contributed by atoms with Gasteiger partial charge in [0.2, 0.25) is 0 Å². The quantitative estimate of drug-likeness (QED) is 0.471. The van der Waals surface area contributed by atoms with Crippen molar-refractivity contribution in [2.45, 2.75) is 25.3 Å². The molecule has 3 atom stereocenters. The normalized spacial score (nSPS) is 18.9. The van der Waals surface area contributed by atoms with E-state index in [1.807, 2.05) is 6.07 Å². The van der Waals surface area contributed by atoms with Crippen LogP contribution in [0.25, 0.3) is 0 Å². The summed E-state index contributed by atoms with van der Waals surface area (Å²) in [6.07, 6.45) is -2.11. The zero-order valence-corrected chi connectivity index (χ0v) is 17.0. The number of aliphatic hydroxyl groups excluding tert-OH is 2. The Bertz CT molecular complexity index is 1070. The van der Waals surface area contributed by atoms with Crippen molar-refractivity contribution in [3.63, 3.8) is 0 Å². The van der Waals surface area contributed by atoms with E-state index in [0.717, 1.165) is 0 Å². The summed E-state index contributed by atoms with van der Waals surface area (Å²) < 4.78 is 5.38. The van der Waals surface area contributed by atoms with Crippen molar-refractivity contribution < 1.29 is 24.5 Å². The highest BCUT2D eigenvalue weighted by atomic mass is 16.6. The largest absolute Gasteiger partial charge is 0.449 e. The molecule has 2 N–H and O–H groups in total. The van der Waals surface area contributed by atoms with Gasteiger partial charge in [-0.25, -0.2) is 4.90 Å². The van der Waals surface area contributed by atoms with E-state index in [-0.39, 0.29) is 12.5 Å². The highest BCUT2D eigenvalue weighted by Crippen LogP contribution is 2.38. The Morgan fingerprint density at radius 2 is 1.45 bits per heavy atom. The Kier molecular flexibility index (Phi) is 5.95. The van der Waals surface area contributed by atoms with Gasteiger partial charge in [0.05, 0.1) is 5.92 Å². The molecule has 6 heteroatoms. The van der Waals surface area contributed by atoms with Gasteiger partial charge in [-0.05, 0) is 18.6 Å². The standard InChI is InChI=1S/C25H23NO5/c1-16(18-10-7-11-19(14-18)22(27)17-8-3-2-4-9-17)25(30)31-15-26-23(28)20-12-5-6-13-21(20)24(26)29/h2-14,16,23-24,28-29H,15H2,1H3. The Morgan fingerprint density at radius 3 is 2.10 bits per heavy atom. The third-order valence-corrected chi connectivity index (χ3v) is 5.57. The van der Waals surface area contributed by atoms with E-state index in [1.54, 1.807) is 79.7 Å². The third kappa shape index (κ3) is 4.14. The maximum Gasteiger partial charge on any atom is 0.314 e. The predicted molar refractivity (Wildman–Crippen MR) is 114 cm³/mol. The molecule has 0 radical (unpaired) electrons. The van der Waals surface area contributed by atoms with Gasteiger partial charge in [-0.2, -0.15) is 0 Å². The van der Waals surface area contributed by atoms with Crippen LogP contribution in [-0.2, 0) is 9.53 Å². The van der Waals surface area contributed by atoms with Crippen LogP contribution >= 0.6 is 0 Å². The molecule has 1 heterocycles. The van der Waals surface area contributed by atoms with Crippen molar-refractivity contribution in [3.8, 4) is 0 Å². The number of ether oxygens (including phenoxy) is 1. The predicted octanol–water partition coefficient (Wildman–Crippen LogP) is 3.52. The molecular weight excluding hydrogens is 394 g/mol. The Labute approximate surface area is 180 Å². The van der Waals surface area contributed by atoms with E-state index in [9.17, 15) is 19.8 Å². The van der Waals surface area contributed by atoms with Crippen LogP contribution in [-0.4, -0.2) is 33.6 Å². The van der Waals surface area contributed by atoms with E-state index >= 15 is 0 Å². The van der Waals surface area contributed by atoms with Gasteiger partial charge in [0.15, 0.2) is 5.78 Å². The van der Waals surface area contributed by atoms with Gasteiger partial charge in [0.25, 0.3) is 0 Å². The SMILES string of the molecule is CC(C(=O)OCN1C(O)c2ccccc2C1O)c1cccc(C(=O)c2ccccc2)c1. The maximum absolute atomic E-state index is 12.7. The average molecular weight is 417 g/mol. The zero-order valence-electron chi connectivity index (χ0n) is 17.0. The maximum atomic E-state index is 12.7. The van der Waals surface area contributed by atoms with Gasteiger partial charge >= 0.3 is 5.97 Å². The van der Waals surface area contributed by atoms with Crippen molar-refractivity contribution in [2.75, 3.05) is 6.73 Å². The van der Waals surface area contributed by atoms with Gasteiger partial charge in [-0.3, -0.25) is 9.59 Å². The number of fused-ring (bicyclic) bond motifs is 1. The van der Waals surface area contributed by atoms with E-state index < -0.39 is 24.3 Å². The number of benzene rings is 3. The summed E-state index contributed by atoms with van der Waals surface area (Å²) in [5.74, 6) is -1.26. The molecule has 3 aromatic rings. The molecule has 3 aromatic carbocycles. The molecule has 1 aliphatic heterocycles. The van der Waals surface area contributed by atoms with Gasteiger partial charge in [0, 0.05) is 22.3 Å². The molecule has 0 bridgehead atoms. The van der Waals surface area contributed by atoms with Gasteiger partial charge in [0.1, 0.15) is 19.2 Å². The monoisotopic (exact) mass is 417 g/mol. The van der Waals surface area contributed by atoms with E-state index in [1.165, 1.54) is 4.90 Å². The second-order valence-electron chi connectivity index (χ2n) is 7.53. The number of esters is 1. The van der Waals surface area contributed by atoms with Crippen molar-refractivity contribution >= 4 is 11.8 Å². The summed E-state index contributed by atoms with van der Waals surface area (Å²) >= 11 is 0.